The number of H-pyrrole nitrogens is 1. The number of aromatic amines is 1. The van der Waals surface area contributed by atoms with E-state index in [4.69, 9.17) is 4.84 Å². The Bertz CT molecular complexity index is 1250. The first-order valence-corrected chi connectivity index (χ1v) is 11.0. The van der Waals surface area contributed by atoms with Gasteiger partial charge < -0.3 is 19.8 Å². The molecule has 2 aromatic carbocycles. The second-order valence-corrected chi connectivity index (χ2v) is 8.17. The van der Waals surface area contributed by atoms with E-state index in [0.717, 1.165) is 28.5 Å². The van der Waals surface area contributed by atoms with Gasteiger partial charge in [0.1, 0.15) is 18.0 Å². The van der Waals surface area contributed by atoms with Gasteiger partial charge >= 0.3 is 0 Å². The van der Waals surface area contributed by atoms with Crippen molar-refractivity contribution in [2.24, 2.45) is 10.1 Å². The van der Waals surface area contributed by atoms with Gasteiger partial charge in [0.25, 0.3) is 5.69 Å². The Morgan fingerprint density at radius 3 is 2.75 bits per heavy atom. The summed E-state index contributed by atoms with van der Waals surface area (Å²) in [5, 5.41) is 27.1. The highest BCUT2D eigenvalue weighted by Gasteiger charge is 2.31. The van der Waals surface area contributed by atoms with Crippen LogP contribution in [-0.4, -0.2) is 57.6 Å². The molecule has 0 atom stereocenters. The average Bonchev–Trinajstić information content (AvgIpc) is 3.28. The molecule has 9 nitrogen and oxygen atoms in total. The number of aromatic nitrogens is 1. The molecule has 0 aliphatic carbocycles. The molecule has 0 fully saturated rings. The maximum absolute atomic E-state index is 11.3. The first-order valence-electron chi connectivity index (χ1n) is 10.2. The van der Waals surface area contributed by atoms with Gasteiger partial charge in [0.05, 0.1) is 21.7 Å². The third kappa shape index (κ3) is 4.11. The Morgan fingerprint density at radius 1 is 1.25 bits per heavy atom. The van der Waals surface area contributed by atoms with Crippen LogP contribution in [0.2, 0.25) is 0 Å². The zero-order valence-electron chi connectivity index (χ0n) is 17.6. The summed E-state index contributed by atoms with van der Waals surface area (Å²) in [6, 6.07) is 9.98. The maximum Gasteiger partial charge on any atom is 0.270 e. The lowest BCUT2D eigenvalue weighted by atomic mass is 10.0. The van der Waals surface area contributed by atoms with E-state index in [1.54, 1.807) is 6.07 Å². The van der Waals surface area contributed by atoms with E-state index in [0.29, 0.717) is 41.4 Å². The molecule has 0 spiro atoms. The number of nitrogens with one attached hydrogen (secondary N) is 1. The van der Waals surface area contributed by atoms with Crippen LogP contribution in [0.15, 0.2) is 51.0 Å². The summed E-state index contributed by atoms with van der Waals surface area (Å²) in [6.07, 6.45) is 0. The number of nitro benzene ring substituents is 1. The largest absolute Gasteiger partial charge is 0.494 e. The molecule has 166 valence electrons. The summed E-state index contributed by atoms with van der Waals surface area (Å²) in [5.74, 6) is -0.0602. The van der Waals surface area contributed by atoms with Crippen molar-refractivity contribution in [3.8, 4) is 5.88 Å². The van der Waals surface area contributed by atoms with Crippen LogP contribution in [0.25, 0.3) is 10.9 Å². The molecule has 4 rings (SSSR count). The van der Waals surface area contributed by atoms with Gasteiger partial charge in [0.2, 0.25) is 0 Å². The second-order valence-electron chi connectivity index (χ2n) is 7.26. The van der Waals surface area contributed by atoms with Gasteiger partial charge in [-0.2, -0.15) is 0 Å². The van der Waals surface area contributed by atoms with Crippen LogP contribution in [-0.2, 0) is 4.84 Å². The lowest BCUT2D eigenvalue weighted by Crippen LogP contribution is -2.26. The number of nitro groups is 1. The summed E-state index contributed by atoms with van der Waals surface area (Å²) < 4.78 is 0.860. The summed E-state index contributed by atoms with van der Waals surface area (Å²) in [6.45, 7) is 7.00. The lowest BCUT2D eigenvalue weighted by Gasteiger charge is -2.16. The van der Waals surface area contributed by atoms with Crippen molar-refractivity contribution in [2.75, 3.05) is 26.2 Å². The Balaban J connectivity index is 1.76. The number of halogens is 1. The molecule has 0 amide bonds. The summed E-state index contributed by atoms with van der Waals surface area (Å²) in [5.41, 5.74) is 2.89. The molecule has 0 radical (unpaired) electrons. The number of aliphatic imine (C=N–C) groups is 1. The molecule has 2 heterocycles. The fraction of sp³-hybridized carbons (Fsp3) is 0.273. The van der Waals surface area contributed by atoms with Crippen LogP contribution in [0.4, 0.5) is 11.4 Å². The topological polar surface area (TPSA) is 116 Å². The second kappa shape index (κ2) is 9.09. The van der Waals surface area contributed by atoms with Gasteiger partial charge in [-0.25, -0.2) is 4.99 Å². The molecule has 3 aromatic rings. The molecule has 0 saturated carbocycles. The number of non-ortho nitro benzene ring substituents is 1. The number of aromatic hydroxyl groups is 1. The van der Waals surface area contributed by atoms with Crippen molar-refractivity contribution in [3.05, 3.63) is 62.1 Å². The Hall–Kier alpha value is -3.24. The summed E-state index contributed by atoms with van der Waals surface area (Å²) in [4.78, 5) is 26.3. The number of nitrogens with zero attached hydrogens (tertiary/aromatic N) is 4. The minimum Gasteiger partial charge on any atom is -0.494 e. The number of fused-ring (bicyclic) bond motifs is 2. The van der Waals surface area contributed by atoms with Gasteiger partial charge in [-0.05, 0) is 31.3 Å². The molecule has 1 aliphatic rings. The van der Waals surface area contributed by atoms with E-state index >= 15 is 0 Å². The summed E-state index contributed by atoms with van der Waals surface area (Å²) in [7, 11) is 0. The number of likely N-dealkylation sites (N-methyl/N-ethyl adjacent to an activating group) is 1. The molecular formula is C22H22BrN5O4. The highest BCUT2D eigenvalue weighted by molar-refractivity contribution is 9.10. The van der Waals surface area contributed by atoms with E-state index < -0.39 is 4.92 Å². The van der Waals surface area contributed by atoms with Gasteiger partial charge in [-0.1, -0.05) is 41.0 Å². The van der Waals surface area contributed by atoms with Crippen molar-refractivity contribution in [1.82, 2.24) is 9.88 Å². The molecule has 32 heavy (non-hydrogen) atoms. The molecule has 0 unspecified atom stereocenters. The molecule has 0 saturated heterocycles. The molecule has 1 aliphatic heterocycles. The average molecular weight is 500 g/mol. The standard InChI is InChI=1S/C22H22BrN5O4/c1-3-27(4-2)9-10-32-26-20-16-12-14(28(30)31)6-8-17(16)24-21(20)19-15-7-5-13(23)11-18(15)25-22(19)29/h5-8,11-12,25,29H,3-4,9-10H2,1-2H3/b26-20+. The molecule has 10 heteroatoms. The Kier molecular flexibility index (Phi) is 6.24. The summed E-state index contributed by atoms with van der Waals surface area (Å²) >= 11 is 3.43. The van der Waals surface area contributed by atoms with Gasteiger partial charge in [-0.3, -0.25) is 10.1 Å². The number of rotatable bonds is 8. The molecular weight excluding hydrogens is 478 g/mol. The van der Waals surface area contributed by atoms with Crippen LogP contribution in [0.1, 0.15) is 25.0 Å². The van der Waals surface area contributed by atoms with E-state index in [-0.39, 0.29) is 11.6 Å². The van der Waals surface area contributed by atoms with Crippen LogP contribution in [0, 0.1) is 10.1 Å². The monoisotopic (exact) mass is 499 g/mol. The number of benzene rings is 2. The Labute approximate surface area is 192 Å². The van der Waals surface area contributed by atoms with Crippen LogP contribution < -0.4 is 0 Å². The molecule has 1 aromatic heterocycles. The van der Waals surface area contributed by atoms with E-state index in [1.165, 1.54) is 12.1 Å². The molecule has 0 bridgehead atoms. The van der Waals surface area contributed by atoms with E-state index in [9.17, 15) is 15.2 Å². The van der Waals surface area contributed by atoms with Crippen molar-refractivity contribution >= 4 is 49.6 Å². The normalized spacial score (nSPS) is 14.2. The van der Waals surface area contributed by atoms with E-state index in [1.807, 2.05) is 18.2 Å². The fourth-order valence-corrected chi connectivity index (χ4v) is 4.07. The minimum absolute atomic E-state index is 0.0602. The third-order valence-corrected chi connectivity index (χ3v) is 5.92. The highest BCUT2D eigenvalue weighted by Crippen LogP contribution is 2.37. The minimum atomic E-state index is -0.460. The number of oxime groups is 1. The van der Waals surface area contributed by atoms with Crippen molar-refractivity contribution in [3.63, 3.8) is 0 Å². The van der Waals surface area contributed by atoms with Gasteiger partial charge in [-0.15, -0.1) is 0 Å². The van der Waals surface area contributed by atoms with E-state index in [2.05, 4.69) is 49.8 Å². The number of hydrogen-bond acceptors (Lipinski definition) is 7. The Morgan fingerprint density at radius 2 is 2.03 bits per heavy atom. The van der Waals surface area contributed by atoms with Crippen LogP contribution in [0.5, 0.6) is 5.88 Å². The lowest BCUT2D eigenvalue weighted by molar-refractivity contribution is -0.384. The third-order valence-electron chi connectivity index (χ3n) is 5.43. The quantitative estimate of drug-likeness (QED) is 0.263. The first-order chi connectivity index (χ1) is 15.4. The fourth-order valence-electron chi connectivity index (χ4n) is 3.71. The predicted octanol–water partition coefficient (Wildman–Crippen LogP) is 4.74. The SMILES string of the molecule is CCN(CC)CCO/N=C1/C(c2c(O)[nH]c3cc(Br)ccc23)=Nc2ccc([N+](=O)[O-])cc21. The smallest absolute Gasteiger partial charge is 0.270 e. The van der Waals surface area contributed by atoms with Gasteiger partial charge in [0.15, 0.2) is 5.88 Å². The zero-order chi connectivity index (χ0) is 22.8. The van der Waals surface area contributed by atoms with Crippen molar-refractivity contribution in [1.29, 1.82) is 0 Å². The number of hydrogen-bond donors (Lipinski definition) is 2. The predicted molar refractivity (Wildman–Crippen MR) is 127 cm³/mol. The maximum atomic E-state index is 11.3. The van der Waals surface area contributed by atoms with Crippen LogP contribution >= 0.6 is 15.9 Å². The van der Waals surface area contributed by atoms with Gasteiger partial charge in [0, 0.05) is 34.1 Å². The van der Waals surface area contributed by atoms with Crippen molar-refractivity contribution < 1.29 is 14.9 Å². The molecule has 2 N–H and O–H groups in total. The van der Waals surface area contributed by atoms with Crippen LogP contribution in [0.3, 0.4) is 0 Å². The highest BCUT2D eigenvalue weighted by atomic mass is 79.9. The van der Waals surface area contributed by atoms with Crippen molar-refractivity contribution in [2.45, 2.75) is 13.8 Å². The first kappa shape index (κ1) is 22.0. The zero-order valence-corrected chi connectivity index (χ0v) is 19.2.